The SMILES string of the molecule is C\C=C/C(C)=N/N=C\C=C\C=C\S. The fourth-order valence-corrected chi connectivity index (χ4v) is 0.700. The minimum atomic E-state index is 0.886. The minimum absolute atomic E-state index is 0.886. The van der Waals surface area contributed by atoms with E-state index in [2.05, 4.69) is 22.8 Å². The van der Waals surface area contributed by atoms with Crippen LogP contribution in [0.1, 0.15) is 13.8 Å². The van der Waals surface area contributed by atoms with E-state index in [1.165, 1.54) is 0 Å². The van der Waals surface area contributed by atoms with Crippen molar-refractivity contribution in [3.63, 3.8) is 0 Å². The van der Waals surface area contributed by atoms with Gasteiger partial charge in [0.1, 0.15) is 0 Å². The third-order valence-corrected chi connectivity index (χ3v) is 1.26. The second-order valence-electron chi connectivity index (χ2n) is 2.23. The first kappa shape index (κ1) is 11.9. The molecule has 0 saturated carbocycles. The van der Waals surface area contributed by atoms with Gasteiger partial charge in [-0.3, -0.25) is 0 Å². The number of allylic oxidation sites excluding steroid dienone is 5. The summed E-state index contributed by atoms with van der Waals surface area (Å²) in [5.74, 6) is 0. The smallest absolute Gasteiger partial charge is 0.0596 e. The molecule has 0 atom stereocenters. The van der Waals surface area contributed by atoms with Crippen molar-refractivity contribution in [1.82, 2.24) is 0 Å². The summed E-state index contributed by atoms with van der Waals surface area (Å²) in [5.41, 5.74) is 0.886. The number of hydrogen-bond donors (Lipinski definition) is 1. The van der Waals surface area contributed by atoms with E-state index >= 15 is 0 Å². The molecule has 0 rings (SSSR count). The third-order valence-electron chi connectivity index (χ3n) is 1.08. The lowest BCUT2D eigenvalue weighted by atomic mass is 10.4. The fourth-order valence-electron chi connectivity index (χ4n) is 0.601. The Balaban J connectivity index is 3.93. The summed E-state index contributed by atoms with van der Waals surface area (Å²) < 4.78 is 0. The number of rotatable bonds is 4. The van der Waals surface area contributed by atoms with Crippen molar-refractivity contribution in [3.05, 3.63) is 35.8 Å². The van der Waals surface area contributed by atoms with Gasteiger partial charge in [-0.15, -0.1) is 0 Å². The first-order valence-corrected chi connectivity index (χ1v) is 4.49. The summed E-state index contributed by atoms with van der Waals surface area (Å²) in [6.45, 7) is 3.84. The Bertz CT molecular complexity index is 260. The summed E-state index contributed by atoms with van der Waals surface area (Å²) in [6, 6.07) is 0. The number of thiol groups is 1. The van der Waals surface area contributed by atoms with Crippen LogP contribution in [0.5, 0.6) is 0 Å². The molecule has 0 spiro atoms. The van der Waals surface area contributed by atoms with Crippen LogP contribution in [-0.4, -0.2) is 11.9 Å². The van der Waals surface area contributed by atoms with E-state index in [1.807, 2.05) is 32.1 Å². The van der Waals surface area contributed by atoms with E-state index < -0.39 is 0 Å². The van der Waals surface area contributed by atoms with Gasteiger partial charge in [-0.2, -0.15) is 22.8 Å². The molecule has 0 fully saturated rings. The van der Waals surface area contributed by atoms with Crippen LogP contribution in [0.4, 0.5) is 0 Å². The summed E-state index contributed by atoms with van der Waals surface area (Å²) in [5, 5.41) is 9.40. The van der Waals surface area contributed by atoms with Gasteiger partial charge in [0.05, 0.1) is 5.71 Å². The van der Waals surface area contributed by atoms with Crippen LogP contribution in [-0.2, 0) is 0 Å². The molecular weight excluding hydrogens is 180 g/mol. The molecule has 0 bridgehead atoms. The molecule has 13 heavy (non-hydrogen) atoms. The molecule has 0 unspecified atom stereocenters. The number of hydrogen-bond acceptors (Lipinski definition) is 3. The van der Waals surface area contributed by atoms with Crippen molar-refractivity contribution in [2.45, 2.75) is 13.8 Å². The average molecular weight is 194 g/mol. The molecule has 0 aliphatic heterocycles. The Morgan fingerprint density at radius 2 is 2.00 bits per heavy atom. The van der Waals surface area contributed by atoms with Crippen LogP contribution in [0.15, 0.2) is 46.0 Å². The number of nitrogens with zero attached hydrogens (tertiary/aromatic N) is 2. The molecule has 0 aliphatic carbocycles. The zero-order chi connectivity index (χ0) is 9.94. The summed E-state index contributed by atoms with van der Waals surface area (Å²) >= 11 is 3.89. The molecule has 70 valence electrons. The largest absolute Gasteiger partial charge is 0.159 e. The molecular formula is C10H14N2S. The zero-order valence-corrected chi connectivity index (χ0v) is 8.78. The van der Waals surface area contributed by atoms with E-state index in [-0.39, 0.29) is 0 Å². The molecule has 0 radical (unpaired) electrons. The highest BCUT2D eigenvalue weighted by Gasteiger charge is 1.76. The monoisotopic (exact) mass is 194 g/mol. The van der Waals surface area contributed by atoms with Crippen molar-refractivity contribution in [2.24, 2.45) is 10.2 Å². The zero-order valence-electron chi connectivity index (χ0n) is 7.88. The second kappa shape index (κ2) is 9.00. The molecule has 2 nitrogen and oxygen atoms in total. The van der Waals surface area contributed by atoms with Crippen LogP contribution in [0, 0.1) is 0 Å². The second-order valence-corrected chi connectivity index (χ2v) is 2.53. The first-order valence-electron chi connectivity index (χ1n) is 3.97. The molecule has 0 heterocycles. The van der Waals surface area contributed by atoms with Crippen LogP contribution in [0.2, 0.25) is 0 Å². The van der Waals surface area contributed by atoms with Gasteiger partial charge in [-0.1, -0.05) is 18.2 Å². The van der Waals surface area contributed by atoms with E-state index in [9.17, 15) is 0 Å². The first-order chi connectivity index (χ1) is 6.31. The molecule has 0 aliphatic rings. The summed E-state index contributed by atoms with van der Waals surface area (Å²) in [4.78, 5) is 0. The average Bonchev–Trinajstić information content (AvgIpc) is 2.11. The van der Waals surface area contributed by atoms with Crippen LogP contribution >= 0.6 is 12.6 Å². The fraction of sp³-hybridized carbons (Fsp3) is 0.200. The van der Waals surface area contributed by atoms with Crippen molar-refractivity contribution in [3.8, 4) is 0 Å². The van der Waals surface area contributed by atoms with Gasteiger partial charge in [0.25, 0.3) is 0 Å². The van der Waals surface area contributed by atoms with E-state index in [1.54, 1.807) is 23.8 Å². The van der Waals surface area contributed by atoms with E-state index in [4.69, 9.17) is 0 Å². The van der Waals surface area contributed by atoms with Crippen LogP contribution in [0.3, 0.4) is 0 Å². The van der Waals surface area contributed by atoms with Gasteiger partial charge in [0.15, 0.2) is 0 Å². The van der Waals surface area contributed by atoms with Gasteiger partial charge in [-0.25, -0.2) is 0 Å². The Labute approximate surface area is 84.9 Å². The van der Waals surface area contributed by atoms with Crippen LogP contribution in [0.25, 0.3) is 0 Å². The Morgan fingerprint density at radius 3 is 2.62 bits per heavy atom. The summed E-state index contributed by atoms with van der Waals surface area (Å²) in [7, 11) is 0. The molecule has 0 aromatic carbocycles. The van der Waals surface area contributed by atoms with E-state index in [0.29, 0.717) is 0 Å². The quantitative estimate of drug-likeness (QED) is 0.308. The van der Waals surface area contributed by atoms with Crippen molar-refractivity contribution in [2.75, 3.05) is 0 Å². The lowest BCUT2D eigenvalue weighted by molar-refractivity contribution is 1.25. The maximum atomic E-state index is 3.92. The third kappa shape index (κ3) is 8.82. The highest BCUT2D eigenvalue weighted by atomic mass is 32.1. The Hall–Kier alpha value is -1.09. The standard InChI is InChI=1S/C10H14N2S/c1-3-7-10(2)12-11-8-5-4-6-9-13/h3-9,13H,1-2H3/b5-4+,7-3-,9-6+,11-8-,12-10+. The molecule has 0 aromatic heterocycles. The highest BCUT2D eigenvalue weighted by Crippen LogP contribution is 1.82. The minimum Gasteiger partial charge on any atom is -0.159 e. The Kier molecular flexibility index (Phi) is 8.25. The molecule has 0 amide bonds. The normalized spacial score (nSPS) is 14.5. The van der Waals surface area contributed by atoms with Crippen molar-refractivity contribution >= 4 is 24.6 Å². The maximum absolute atomic E-state index is 3.92. The molecule has 0 N–H and O–H groups in total. The summed E-state index contributed by atoms with van der Waals surface area (Å²) in [6.07, 6.45) is 10.9. The van der Waals surface area contributed by atoms with Crippen molar-refractivity contribution < 1.29 is 0 Å². The highest BCUT2D eigenvalue weighted by molar-refractivity contribution is 7.83. The predicted molar refractivity (Wildman–Crippen MR) is 63.7 cm³/mol. The molecule has 3 heteroatoms. The molecule has 0 aromatic rings. The lowest BCUT2D eigenvalue weighted by Gasteiger charge is -1.82. The van der Waals surface area contributed by atoms with Gasteiger partial charge in [0, 0.05) is 6.21 Å². The van der Waals surface area contributed by atoms with Gasteiger partial charge in [-0.05, 0) is 31.4 Å². The lowest BCUT2D eigenvalue weighted by Crippen LogP contribution is -1.80. The van der Waals surface area contributed by atoms with Gasteiger partial charge < -0.3 is 0 Å². The van der Waals surface area contributed by atoms with Crippen LogP contribution < -0.4 is 0 Å². The predicted octanol–water partition coefficient (Wildman–Crippen LogP) is 3.01. The van der Waals surface area contributed by atoms with Gasteiger partial charge >= 0.3 is 0 Å². The molecule has 0 saturated heterocycles. The van der Waals surface area contributed by atoms with Gasteiger partial charge in [0.2, 0.25) is 0 Å². The maximum Gasteiger partial charge on any atom is 0.0596 e. The van der Waals surface area contributed by atoms with Crippen molar-refractivity contribution in [1.29, 1.82) is 0 Å². The Morgan fingerprint density at radius 1 is 1.23 bits per heavy atom. The topological polar surface area (TPSA) is 24.7 Å². The van der Waals surface area contributed by atoms with E-state index in [0.717, 1.165) is 5.71 Å².